The number of imide groups is 1. The Hall–Kier alpha value is -1.66. The molecule has 2 heterocycles. The summed E-state index contributed by atoms with van der Waals surface area (Å²) in [4.78, 5) is 26.8. The number of nitrogens with zero attached hydrogens (tertiary/aromatic N) is 1. The molecule has 2 aliphatic rings. The Kier molecular flexibility index (Phi) is 6.48. The normalized spacial score (nSPS) is 24.1. The van der Waals surface area contributed by atoms with Crippen molar-refractivity contribution in [2.75, 3.05) is 11.5 Å². The van der Waals surface area contributed by atoms with Crippen LogP contribution in [0.5, 0.6) is 0 Å². The number of ether oxygens (including phenoxy) is 1. The number of rotatable bonds is 5. The lowest BCUT2D eigenvalue weighted by Gasteiger charge is -2.23. The summed E-state index contributed by atoms with van der Waals surface area (Å²) in [5.41, 5.74) is 0.903. The highest BCUT2D eigenvalue weighted by Crippen LogP contribution is 2.38. The highest BCUT2D eigenvalue weighted by atomic mass is 32.2. The monoisotopic (exact) mass is 389 g/mol. The zero-order valence-electron chi connectivity index (χ0n) is 14.8. The first-order valence-corrected chi connectivity index (χ1v) is 10.8. The van der Waals surface area contributed by atoms with Crippen LogP contribution in [0.3, 0.4) is 0 Å². The average molecular weight is 390 g/mol. The van der Waals surface area contributed by atoms with Gasteiger partial charge in [0.25, 0.3) is 0 Å². The molecule has 0 spiro atoms. The second-order valence-corrected chi connectivity index (χ2v) is 8.86. The second-order valence-electron chi connectivity index (χ2n) is 6.33. The van der Waals surface area contributed by atoms with Crippen LogP contribution in [-0.4, -0.2) is 34.4 Å². The third-order valence-corrected chi connectivity index (χ3v) is 7.02. The molecule has 138 valence electrons. The maximum absolute atomic E-state index is 13.1. The van der Waals surface area contributed by atoms with Crippen LogP contribution in [-0.2, 0) is 9.53 Å². The maximum atomic E-state index is 13.1. The molecular weight excluding hydrogens is 366 g/mol. The standard InChI is InChI=1S/C20H23NO3S2/c1-3-8-16(13-17-25-11-7-12-26-17)19(22)21-14(2)18(24-20(21)23)15-9-5-4-6-10-15/h3-6,9-10,13-14,16,18H,1,7-8,11-12H2,2H3/t14-,16-,18-/m1/s1. The molecule has 0 radical (unpaired) electrons. The average Bonchev–Trinajstić information content (AvgIpc) is 2.96. The number of carbonyl (C=O) groups excluding carboxylic acids is 2. The lowest BCUT2D eigenvalue weighted by Crippen LogP contribution is -2.41. The first-order chi connectivity index (χ1) is 12.6. The van der Waals surface area contributed by atoms with Gasteiger partial charge >= 0.3 is 6.09 Å². The molecule has 0 saturated carbocycles. The van der Waals surface area contributed by atoms with E-state index >= 15 is 0 Å². The number of amides is 2. The van der Waals surface area contributed by atoms with Crippen LogP contribution in [0.1, 0.15) is 31.4 Å². The second kappa shape index (κ2) is 8.82. The van der Waals surface area contributed by atoms with E-state index in [1.54, 1.807) is 29.6 Å². The van der Waals surface area contributed by atoms with Crippen molar-refractivity contribution in [2.45, 2.75) is 31.9 Å². The van der Waals surface area contributed by atoms with Gasteiger partial charge in [0.1, 0.15) is 6.10 Å². The van der Waals surface area contributed by atoms with Gasteiger partial charge in [0.2, 0.25) is 5.91 Å². The summed E-state index contributed by atoms with van der Waals surface area (Å²) in [6.45, 7) is 5.64. The highest BCUT2D eigenvalue weighted by molar-refractivity contribution is 8.22. The quantitative estimate of drug-likeness (QED) is 0.663. The van der Waals surface area contributed by atoms with Crippen molar-refractivity contribution in [3.8, 4) is 0 Å². The van der Waals surface area contributed by atoms with Crippen LogP contribution in [0.25, 0.3) is 0 Å². The molecule has 3 atom stereocenters. The number of hydrogen-bond acceptors (Lipinski definition) is 5. The number of allylic oxidation sites excluding steroid dienone is 1. The molecule has 1 aromatic carbocycles. The minimum atomic E-state index is -0.562. The minimum absolute atomic E-state index is 0.208. The van der Waals surface area contributed by atoms with E-state index < -0.39 is 12.2 Å². The maximum Gasteiger partial charge on any atom is 0.417 e. The predicted octanol–water partition coefficient (Wildman–Crippen LogP) is 5.00. The van der Waals surface area contributed by atoms with Gasteiger partial charge in [0, 0.05) is 4.24 Å². The zero-order valence-corrected chi connectivity index (χ0v) is 16.4. The van der Waals surface area contributed by atoms with Crippen molar-refractivity contribution in [3.63, 3.8) is 0 Å². The smallest absolute Gasteiger partial charge is 0.417 e. The van der Waals surface area contributed by atoms with Crippen molar-refractivity contribution in [1.82, 2.24) is 4.90 Å². The van der Waals surface area contributed by atoms with Crippen LogP contribution in [0, 0.1) is 5.92 Å². The Bertz CT molecular complexity index is 696. The summed E-state index contributed by atoms with van der Waals surface area (Å²) in [6, 6.07) is 9.22. The summed E-state index contributed by atoms with van der Waals surface area (Å²) >= 11 is 3.56. The van der Waals surface area contributed by atoms with Crippen LogP contribution < -0.4 is 0 Å². The van der Waals surface area contributed by atoms with Crippen molar-refractivity contribution in [1.29, 1.82) is 0 Å². The molecule has 4 nitrogen and oxygen atoms in total. The molecule has 0 unspecified atom stereocenters. The summed E-state index contributed by atoms with van der Waals surface area (Å²) < 4.78 is 6.68. The molecule has 0 N–H and O–H groups in total. The fourth-order valence-corrected chi connectivity index (χ4v) is 5.67. The van der Waals surface area contributed by atoms with Crippen molar-refractivity contribution in [2.24, 2.45) is 5.92 Å². The molecule has 0 bridgehead atoms. The summed E-state index contributed by atoms with van der Waals surface area (Å²) in [7, 11) is 0. The van der Waals surface area contributed by atoms with E-state index in [2.05, 4.69) is 6.58 Å². The number of benzene rings is 1. The van der Waals surface area contributed by atoms with E-state index in [1.807, 2.05) is 43.3 Å². The van der Waals surface area contributed by atoms with E-state index in [0.29, 0.717) is 6.42 Å². The van der Waals surface area contributed by atoms with Crippen LogP contribution in [0.2, 0.25) is 0 Å². The van der Waals surface area contributed by atoms with Gasteiger partial charge in [0.05, 0.1) is 12.0 Å². The number of cyclic esters (lactones) is 1. The minimum Gasteiger partial charge on any atom is -0.439 e. The Labute approximate surface area is 163 Å². The summed E-state index contributed by atoms with van der Waals surface area (Å²) in [5, 5.41) is 0. The topological polar surface area (TPSA) is 46.6 Å². The largest absolute Gasteiger partial charge is 0.439 e. The highest BCUT2D eigenvalue weighted by Gasteiger charge is 2.44. The van der Waals surface area contributed by atoms with Gasteiger partial charge in [-0.1, -0.05) is 42.5 Å². The van der Waals surface area contributed by atoms with Gasteiger partial charge in [-0.25, -0.2) is 9.69 Å². The Balaban J connectivity index is 1.79. The van der Waals surface area contributed by atoms with Crippen molar-refractivity contribution >= 4 is 35.5 Å². The zero-order chi connectivity index (χ0) is 18.5. The molecule has 3 rings (SSSR count). The summed E-state index contributed by atoms with van der Waals surface area (Å²) in [5.74, 6) is 1.56. The molecule has 1 aromatic rings. The van der Waals surface area contributed by atoms with Crippen LogP contribution >= 0.6 is 23.5 Å². The van der Waals surface area contributed by atoms with E-state index in [1.165, 1.54) is 11.3 Å². The molecule has 0 aromatic heterocycles. The lowest BCUT2D eigenvalue weighted by atomic mass is 10.00. The lowest BCUT2D eigenvalue weighted by molar-refractivity contribution is -0.131. The Morgan fingerprint density at radius 1 is 1.35 bits per heavy atom. The first kappa shape index (κ1) is 19.1. The van der Waals surface area contributed by atoms with Gasteiger partial charge in [0.15, 0.2) is 0 Å². The van der Waals surface area contributed by atoms with E-state index in [9.17, 15) is 9.59 Å². The van der Waals surface area contributed by atoms with E-state index in [4.69, 9.17) is 4.74 Å². The van der Waals surface area contributed by atoms with Gasteiger partial charge in [-0.2, -0.15) is 0 Å². The number of carbonyl (C=O) groups is 2. The van der Waals surface area contributed by atoms with Crippen molar-refractivity contribution in [3.05, 3.63) is 58.9 Å². The van der Waals surface area contributed by atoms with Gasteiger partial charge in [-0.15, -0.1) is 30.1 Å². The molecule has 2 fully saturated rings. The molecule has 26 heavy (non-hydrogen) atoms. The third kappa shape index (κ3) is 4.18. The molecule has 6 heteroatoms. The van der Waals surface area contributed by atoms with Crippen LogP contribution in [0.4, 0.5) is 4.79 Å². The molecular formula is C20H23NO3S2. The SMILES string of the molecule is C=CC[C@H](C=C1SCCCS1)C(=O)N1C(=O)O[C@@H](c2ccccc2)[C@H]1C. The molecule has 2 amide bonds. The summed E-state index contributed by atoms with van der Waals surface area (Å²) in [6.07, 6.45) is 4.43. The third-order valence-electron chi connectivity index (χ3n) is 4.49. The van der Waals surface area contributed by atoms with Crippen LogP contribution in [0.15, 0.2) is 53.3 Å². The van der Waals surface area contributed by atoms with E-state index in [0.717, 1.165) is 21.3 Å². The first-order valence-electron chi connectivity index (χ1n) is 8.78. The van der Waals surface area contributed by atoms with Gasteiger partial charge < -0.3 is 4.74 Å². The Morgan fingerprint density at radius 2 is 2.04 bits per heavy atom. The van der Waals surface area contributed by atoms with Gasteiger partial charge in [-0.3, -0.25) is 4.79 Å². The molecule has 0 aliphatic carbocycles. The molecule has 2 saturated heterocycles. The number of hydrogen-bond donors (Lipinski definition) is 0. The Morgan fingerprint density at radius 3 is 2.69 bits per heavy atom. The fraction of sp³-hybridized carbons (Fsp3) is 0.400. The fourth-order valence-electron chi connectivity index (χ4n) is 3.15. The van der Waals surface area contributed by atoms with E-state index in [-0.39, 0.29) is 17.9 Å². The van der Waals surface area contributed by atoms with Crippen molar-refractivity contribution < 1.29 is 14.3 Å². The predicted molar refractivity (Wildman–Crippen MR) is 108 cm³/mol. The molecule has 2 aliphatic heterocycles. The number of thioether (sulfide) groups is 2. The van der Waals surface area contributed by atoms with Gasteiger partial charge in [-0.05, 0) is 36.8 Å².